The van der Waals surface area contributed by atoms with Crippen LogP contribution in [0.4, 0.5) is 0 Å². The summed E-state index contributed by atoms with van der Waals surface area (Å²) in [6.07, 6.45) is 5.67. The molecule has 2 fully saturated rings. The molecule has 0 aromatic rings. The molecule has 100 valence electrons. The van der Waals surface area contributed by atoms with E-state index in [2.05, 4.69) is 22.0 Å². The van der Waals surface area contributed by atoms with Crippen LogP contribution in [0.3, 0.4) is 0 Å². The minimum atomic E-state index is 1.06. The van der Waals surface area contributed by atoms with E-state index in [4.69, 9.17) is 0 Å². The average molecular weight is 239 g/mol. The minimum Gasteiger partial charge on any atom is -0.317 e. The van der Waals surface area contributed by atoms with Crippen molar-refractivity contribution in [1.29, 1.82) is 0 Å². The molecule has 0 unspecified atom stereocenters. The van der Waals surface area contributed by atoms with Gasteiger partial charge in [-0.3, -0.25) is 0 Å². The van der Waals surface area contributed by atoms with Gasteiger partial charge in [0, 0.05) is 32.7 Å². The molecule has 1 aliphatic heterocycles. The average Bonchev–Trinajstić information content (AvgIpc) is 3.15. The molecule has 0 aromatic heterocycles. The minimum absolute atomic E-state index is 1.06. The fraction of sp³-hybridized carbons (Fsp3) is 1.00. The lowest BCUT2D eigenvalue weighted by atomic mass is 10.2. The van der Waals surface area contributed by atoms with E-state index in [1.54, 1.807) is 0 Å². The van der Waals surface area contributed by atoms with Gasteiger partial charge in [-0.25, -0.2) is 0 Å². The predicted molar refractivity (Wildman–Crippen MR) is 73.4 cm³/mol. The predicted octanol–water partition coefficient (Wildman–Crippen LogP) is 1.40. The second-order valence-electron chi connectivity index (χ2n) is 5.65. The third-order valence-corrected chi connectivity index (χ3v) is 4.01. The van der Waals surface area contributed by atoms with Gasteiger partial charge < -0.3 is 15.1 Å². The number of nitrogens with zero attached hydrogens (tertiary/aromatic N) is 2. The first kappa shape index (κ1) is 13.3. The van der Waals surface area contributed by atoms with Gasteiger partial charge in [0.1, 0.15) is 0 Å². The van der Waals surface area contributed by atoms with Gasteiger partial charge >= 0.3 is 0 Å². The largest absolute Gasteiger partial charge is 0.317 e. The van der Waals surface area contributed by atoms with E-state index in [0.717, 1.165) is 12.5 Å². The van der Waals surface area contributed by atoms with Crippen molar-refractivity contribution in [3.05, 3.63) is 0 Å². The molecular weight excluding hydrogens is 210 g/mol. The van der Waals surface area contributed by atoms with E-state index in [9.17, 15) is 0 Å². The van der Waals surface area contributed by atoms with Crippen LogP contribution in [0.2, 0.25) is 0 Å². The van der Waals surface area contributed by atoms with Crippen LogP contribution in [-0.4, -0.2) is 62.2 Å². The molecule has 0 spiro atoms. The fourth-order valence-electron chi connectivity index (χ4n) is 2.62. The Balaban J connectivity index is 1.46. The monoisotopic (exact) mass is 239 g/mol. The van der Waals surface area contributed by atoms with Gasteiger partial charge in [-0.15, -0.1) is 0 Å². The summed E-state index contributed by atoms with van der Waals surface area (Å²) in [5.74, 6) is 1.06. The normalized spacial score (nSPS) is 23.1. The van der Waals surface area contributed by atoms with Crippen LogP contribution >= 0.6 is 0 Å². The highest BCUT2D eigenvalue weighted by atomic mass is 15.3. The van der Waals surface area contributed by atoms with E-state index >= 15 is 0 Å². The highest BCUT2D eigenvalue weighted by Crippen LogP contribution is 2.29. The van der Waals surface area contributed by atoms with Crippen LogP contribution < -0.4 is 5.32 Å². The van der Waals surface area contributed by atoms with E-state index in [1.165, 1.54) is 71.5 Å². The summed E-state index contributed by atoms with van der Waals surface area (Å²) < 4.78 is 0. The van der Waals surface area contributed by atoms with Gasteiger partial charge in [-0.1, -0.05) is 6.92 Å². The summed E-state index contributed by atoms with van der Waals surface area (Å²) in [7, 11) is 0. The van der Waals surface area contributed by atoms with Crippen LogP contribution in [0.1, 0.15) is 32.6 Å². The lowest BCUT2D eigenvalue weighted by Crippen LogP contribution is -2.47. The smallest absolute Gasteiger partial charge is 0.0110 e. The fourth-order valence-corrected chi connectivity index (χ4v) is 2.62. The zero-order chi connectivity index (χ0) is 11.9. The van der Waals surface area contributed by atoms with Gasteiger partial charge in [-0.2, -0.15) is 0 Å². The zero-order valence-electron chi connectivity index (χ0n) is 11.5. The third kappa shape index (κ3) is 5.36. The van der Waals surface area contributed by atoms with Crippen molar-refractivity contribution in [2.75, 3.05) is 52.4 Å². The summed E-state index contributed by atoms with van der Waals surface area (Å²) in [6.45, 7) is 12.4. The Bertz CT molecular complexity index is 196. The standard InChI is InChI=1S/C14H29N3/c1-2-15-7-3-4-8-16-9-11-17(12-10-16)13-14-5-6-14/h14-15H,2-13H2,1H3. The number of hydrogen-bond acceptors (Lipinski definition) is 3. The topological polar surface area (TPSA) is 18.5 Å². The van der Waals surface area contributed by atoms with Crippen LogP contribution in [0.25, 0.3) is 0 Å². The molecule has 2 rings (SSSR count). The van der Waals surface area contributed by atoms with Crippen LogP contribution in [0.15, 0.2) is 0 Å². The molecule has 0 amide bonds. The third-order valence-electron chi connectivity index (χ3n) is 4.01. The Morgan fingerprint density at radius 2 is 1.71 bits per heavy atom. The van der Waals surface area contributed by atoms with Crippen molar-refractivity contribution in [1.82, 2.24) is 15.1 Å². The summed E-state index contributed by atoms with van der Waals surface area (Å²) in [5.41, 5.74) is 0. The number of rotatable bonds is 8. The molecule has 3 nitrogen and oxygen atoms in total. The van der Waals surface area contributed by atoms with E-state index in [1.807, 2.05) is 0 Å². The van der Waals surface area contributed by atoms with Crippen molar-refractivity contribution in [2.45, 2.75) is 32.6 Å². The first-order valence-electron chi connectivity index (χ1n) is 7.54. The molecule has 1 aliphatic carbocycles. The first-order valence-corrected chi connectivity index (χ1v) is 7.54. The number of nitrogens with one attached hydrogen (secondary N) is 1. The summed E-state index contributed by atoms with van der Waals surface area (Å²) in [5, 5.41) is 3.39. The lowest BCUT2D eigenvalue weighted by molar-refractivity contribution is 0.127. The first-order chi connectivity index (χ1) is 8.38. The molecule has 1 saturated carbocycles. The molecule has 0 aromatic carbocycles. The summed E-state index contributed by atoms with van der Waals surface area (Å²) in [6, 6.07) is 0. The SMILES string of the molecule is CCNCCCCN1CCN(CC2CC2)CC1. The van der Waals surface area contributed by atoms with Gasteiger partial charge in [0.15, 0.2) is 0 Å². The van der Waals surface area contributed by atoms with Crippen molar-refractivity contribution in [2.24, 2.45) is 5.92 Å². The molecule has 3 heteroatoms. The van der Waals surface area contributed by atoms with Gasteiger partial charge in [0.25, 0.3) is 0 Å². The molecule has 2 aliphatic rings. The lowest BCUT2D eigenvalue weighted by Gasteiger charge is -2.34. The Morgan fingerprint density at radius 3 is 2.35 bits per heavy atom. The van der Waals surface area contributed by atoms with Crippen molar-refractivity contribution < 1.29 is 0 Å². The Morgan fingerprint density at radius 1 is 1.00 bits per heavy atom. The maximum absolute atomic E-state index is 3.39. The highest BCUT2D eigenvalue weighted by Gasteiger charge is 2.26. The van der Waals surface area contributed by atoms with Gasteiger partial charge in [0.05, 0.1) is 0 Å². The maximum Gasteiger partial charge on any atom is 0.0110 e. The number of piperazine rings is 1. The molecular formula is C14H29N3. The second kappa shape index (κ2) is 7.34. The molecule has 17 heavy (non-hydrogen) atoms. The molecule has 1 N–H and O–H groups in total. The quantitative estimate of drug-likeness (QED) is 0.646. The maximum atomic E-state index is 3.39. The molecule has 0 atom stereocenters. The van der Waals surface area contributed by atoms with Crippen LogP contribution in [0, 0.1) is 5.92 Å². The van der Waals surface area contributed by atoms with Crippen molar-refractivity contribution in [3.8, 4) is 0 Å². The molecule has 0 bridgehead atoms. The van der Waals surface area contributed by atoms with Crippen molar-refractivity contribution in [3.63, 3.8) is 0 Å². The number of unbranched alkanes of at least 4 members (excludes halogenated alkanes) is 1. The molecule has 1 heterocycles. The van der Waals surface area contributed by atoms with E-state index < -0.39 is 0 Å². The van der Waals surface area contributed by atoms with E-state index in [-0.39, 0.29) is 0 Å². The van der Waals surface area contributed by atoms with Crippen LogP contribution in [-0.2, 0) is 0 Å². The summed E-state index contributed by atoms with van der Waals surface area (Å²) >= 11 is 0. The van der Waals surface area contributed by atoms with Gasteiger partial charge in [0.2, 0.25) is 0 Å². The highest BCUT2D eigenvalue weighted by molar-refractivity contribution is 4.80. The summed E-state index contributed by atoms with van der Waals surface area (Å²) in [4.78, 5) is 5.32. The Labute approximate surface area is 107 Å². The number of hydrogen-bond donors (Lipinski definition) is 1. The second-order valence-corrected chi connectivity index (χ2v) is 5.65. The Kier molecular flexibility index (Phi) is 5.75. The van der Waals surface area contributed by atoms with Gasteiger partial charge in [-0.05, 0) is 51.2 Å². The van der Waals surface area contributed by atoms with E-state index in [0.29, 0.717) is 0 Å². The molecule has 1 saturated heterocycles. The van der Waals surface area contributed by atoms with Crippen molar-refractivity contribution >= 4 is 0 Å². The molecule has 0 radical (unpaired) electrons. The zero-order valence-corrected chi connectivity index (χ0v) is 11.5. The Hall–Kier alpha value is -0.120. The van der Waals surface area contributed by atoms with Crippen LogP contribution in [0.5, 0.6) is 0 Å².